The zero-order valence-corrected chi connectivity index (χ0v) is 15.6. The number of hydrogen-bond acceptors (Lipinski definition) is 6. The SMILES string of the molecule is CC[C@@]1(c2cc(NC(=O)c3ncc(Cl)cn3)ccc2F)CCN=C(N)S1. The van der Waals surface area contributed by atoms with Crippen LogP contribution < -0.4 is 11.1 Å². The number of benzene rings is 1. The van der Waals surface area contributed by atoms with Gasteiger partial charge in [-0.15, -0.1) is 0 Å². The minimum Gasteiger partial charge on any atom is -0.379 e. The molecule has 9 heteroatoms. The summed E-state index contributed by atoms with van der Waals surface area (Å²) in [6.45, 7) is 2.53. The van der Waals surface area contributed by atoms with E-state index in [0.29, 0.717) is 40.8 Å². The number of nitrogens with two attached hydrogens (primary N) is 1. The van der Waals surface area contributed by atoms with E-state index < -0.39 is 10.7 Å². The summed E-state index contributed by atoms with van der Waals surface area (Å²) in [5.74, 6) is -0.856. The third-order valence-electron chi connectivity index (χ3n) is 4.19. The highest BCUT2D eigenvalue weighted by Gasteiger charge is 2.37. The Bertz CT molecular complexity index is 861. The predicted molar refractivity (Wildman–Crippen MR) is 102 cm³/mol. The largest absolute Gasteiger partial charge is 0.379 e. The Labute approximate surface area is 159 Å². The lowest BCUT2D eigenvalue weighted by Crippen LogP contribution is -2.31. The highest BCUT2D eigenvalue weighted by Crippen LogP contribution is 2.46. The lowest BCUT2D eigenvalue weighted by atomic mass is 9.91. The van der Waals surface area contributed by atoms with Crippen LogP contribution in [-0.2, 0) is 4.75 Å². The van der Waals surface area contributed by atoms with E-state index in [4.69, 9.17) is 17.3 Å². The normalized spacial score (nSPS) is 19.7. The van der Waals surface area contributed by atoms with Gasteiger partial charge in [-0.2, -0.15) is 0 Å². The van der Waals surface area contributed by atoms with Crippen LogP contribution in [0.4, 0.5) is 10.1 Å². The van der Waals surface area contributed by atoms with Crippen molar-refractivity contribution < 1.29 is 9.18 Å². The number of rotatable bonds is 4. The van der Waals surface area contributed by atoms with E-state index >= 15 is 0 Å². The Morgan fingerprint density at radius 2 is 2.15 bits per heavy atom. The first-order valence-corrected chi connectivity index (χ1v) is 9.21. The van der Waals surface area contributed by atoms with Crippen LogP contribution in [0.15, 0.2) is 35.6 Å². The van der Waals surface area contributed by atoms with Crippen molar-refractivity contribution in [2.24, 2.45) is 10.7 Å². The first-order valence-electron chi connectivity index (χ1n) is 8.01. The average molecular weight is 394 g/mol. The van der Waals surface area contributed by atoms with Crippen molar-refractivity contribution in [2.45, 2.75) is 24.5 Å². The molecule has 0 unspecified atom stereocenters. The molecule has 2 aromatic rings. The highest BCUT2D eigenvalue weighted by atomic mass is 35.5. The predicted octanol–water partition coefficient (Wildman–Crippen LogP) is 3.58. The number of thioether (sulfide) groups is 1. The van der Waals surface area contributed by atoms with Crippen LogP contribution >= 0.6 is 23.4 Å². The van der Waals surface area contributed by atoms with Crippen LogP contribution in [0.25, 0.3) is 0 Å². The number of nitrogens with one attached hydrogen (secondary N) is 1. The van der Waals surface area contributed by atoms with Gasteiger partial charge in [0.25, 0.3) is 5.91 Å². The van der Waals surface area contributed by atoms with Gasteiger partial charge in [-0.25, -0.2) is 14.4 Å². The smallest absolute Gasteiger partial charge is 0.293 e. The quantitative estimate of drug-likeness (QED) is 0.828. The van der Waals surface area contributed by atoms with Crippen molar-refractivity contribution >= 4 is 40.1 Å². The van der Waals surface area contributed by atoms with Crippen molar-refractivity contribution in [2.75, 3.05) is 11.9 Å². The molecule has 1 aliphatic rings. The summed E-state index contributed by atoms with van der Waals surface area (Å²) in [4.78, 5) is 24.2. The molecule has 0 fully saturated rings. The van der Waals surface area contributed by atoms with E-state index in [1.54, 1.807) is 6.07 Å². The van der Waals surface area contributed by atoms with E-state index in [1.165, 1.54) is 36.3 Å². The van der Waals surface area contributed by atoms with Gasteiger partial charge in [0, 0.05) is 30.2 Å². The third-order valence-corrected chi connectivity index (χ3v) is 5.83. The van der Waals surface area contributed by atoms with Gasteiger partial charge in [0.05, 0.1) is 9.77 Å². The molecule has 0 bridgehead atoms. The topological polar surface area (TPSA) is 93.3 Å². The number of aliphatic imine (C=N–C) groups is 1. The minimum atomic E-state index is -0.507. The molecule has 3 N–H and O–H groups in total. The lowest BCUT2D eigenvalue weighted by molar-refractivity contribution is 0.101. The third kappa shape index (κ3) is 3.81. The maximum Gasteiger partial charge on any atom is 0.293 e. The van der Waals surface area contributed by atoms with Crippen molar-refractivity contribution in [3.8, 4) is 0 Å². The van der Waals surface area contributed by atoms with E-state index in [-0.39, 0.29) is 11.6 Å². The van der Waals surface area contributed by atoms with Crippen LogP contribution in [-0.4, -0.2) is 27.6 Å². The zero-order valence-electron chi connectivity index (χ0n) is 14.0. The molecule has 6 nitrogen and oxygen atoms in total. The number of nitrogens with zero attached hydrogens (tertiary/aromatic N) is 3. The van der Waals surface area contributed by atoms with Crippen LogP contribution in [0.5, 0.6) is 0 Å². The summed E-state index contributed by atoms with van der Waals surface area (Å²) in [5.41, 5.74) is 6.83. The van der Waals surface area contributed by atoms with Gasteiger partial charge in [0.1, 0.15) is 5.82 Å². The Morgan fingerprint density at radius 3 is 2.81 bits per heavy atom. The maximum atomic E-state index is 14.6. The molecule has 0 aliphatic carbocycles. The van der Waals surface area contributed by atoms with Gasteiger partial charge in [-0.3, -0.25) is 9.79 Å². The van der Waals surface area contributed by atoms with Crippen molar-refractivity contribution in [1.82, 2.24) is 9.97 Å². The monoisotopic (exact) mass is 393 g/mol. The molecule has 1 atom stereocenters. The molecule has 2 heterocycles. The maximum absolute atomic E-state index is 14.6. The molecule has 1 aliphatic heterocycles. The van der Waals surface area contributed by atoms with Gasteiger partial charge in [-0.1, -0.05) is 30.3 Å². The summed E-state index contributed by atoms with van der Waals surface area (Å²) >= 11 is 7.09. The van der Waals surface area contributed by atoms with Crippen LogP contribution in [0.1, 0.15) is 35.9 Å². The molecule has 3 rings (SSSR count). The molecular formula is C17H17ClFN5OS. The van der Waals surface area contributed by atoms with Crippen molar-refractivity contribution in [3.05, 3.63) is 52.8 Å². The molecular weight excluding hydrogens is 377 g/mol. The highest BCUT2D eigenvalue weighted by molar-refractivity contribution is 8.14. The van der Waals surface area contributed by atoms with Gasteiger partial charge < -0.3 is 11.1 Å². The Hall–Kier alpha value is -2.19. The van der Waals surface area contributed by atoms with E-state index in [1.807, 2.05) is 6.92 Å². The minimum absolute atomic E-state index is 0.0195. The van der Waals surface area contributed by atoms with Crippen LogP contribution in [0, 0.1) is 5.82 Å². The van der Waals surface area contributed by atoms with Crippen LogP contribution in [0.2, 0.25) is 5.02 Å². The van der Waals surface area contributed by atoms with E-state index in [2.05, 4.69) is 20.3 Å². The van der Waals surface area contributed by atoms with Gasteiger partial charge >= 0.3 is 0 Å². The number of halogens is 2. The van der Waals surface area contributed by atoms with E-state index in [0.717, 1.165) is 0 Å². The standard InChI is InChI=1S/C17H17ClFN5OS/c1-2-17(5-6-21-16(20)26-17)12-7-11(3-4-13(12)19)24-15(25)14-22-8-10(18)9-23-14/h3-4,7-9H,2,5-6H2,1H3,(H2,20,21)(H,24,25)/t17-/m0/s1. The number of amides is 1. The molecule has 26 heavy (non-hydrogen) atoms. The summed E-state index contributed by atoms with van der Waals surface area (Å²) in [6, 6.07) is 4.48. The number of aromatic nitrogens is 2. The Kier molecular flexibility index (Phi) is 5.43. The summed E-state index contributed by atoms with van der Waals surface area (Å²) in [7, 11) is 0. The second-order valence-corrected chi connectivity index (χ2v) is 7.63. The number of hydrogen-bond donors (Lipinski definition) is 2. The fourth-order valence-corrected chi connectivity index (χ4v) is 4.09. The number of amidine groups is 1. The summed E-state index contributed by atoms with van der Waals surface area (Å²) in [6.07, 6.45) is 4.03. The van der Waals surface area contributed by atoms with Crippen LogP contribution in [0.3, 0.4) is 0 Å². The number of anilines is 1. The number of carbonyl (C=O) groups excluding carboxylic acids is 1. The molecule has 0 saturated carbocycles. The average Bonchev–Trinajstić information content (AvgIpc) is 2.63. The summed E-state index contributed by atoms with van der Waals surface area (Å²) < 4.78 is 14.1. The van der Waals surface area contributed by atoms with Gasteiger partial charge in [-0.05, 0) is 31.0 Å². The molecule has 1 aromatic carbocycles. The molecule has 136 valence electrons. The number of carbonyl (C=O) groups is 1. The van der Waals surface area contributed by atoms with Crippen molar-refractivity contribution in [3.63, 3.8) is 0 Å². The molecule has 0 spiro atoms. The van der Waals surface area contributed by atoms with E-state index in [9.17, 15) is 9.18 Å². The van der Waals surface area contributed by atoms with Crippen molar-refractivity contribution in [1.29, 1.82) is 0 Å². The molecule has 1 aromatic heterocycles. The zero-order chi connectivity index (χ0) is 18.7. The Balaban J connectivity index is 1.89. The Morgan fingerprint density at radius 1 is 1.42 bits per heavy atom. The first-order chi connectivity index (χ1) is 12.4. The second kappa shape index (κ2) is 7.59. The second-order valence-electron chi connectivity index (χ2n) is 5.79. The molecule has 1 amide bonds. The van der Waals surface area contributed by atoms with Gasteiger partial charge in [0.2, 0.25) is 5.82 Å². The molecule has 0 saturated heterocycles. The molecule has 0 radical (unpaired) electrons. The first kappa shape index (κ1) is 18.6. The fourth-order valence-electron chi connectivity index (χ4n) is 2.83. The fraction of sp³-hybridized carbons (Fsp3) is 0.294. The lowest BCUT2D eigenvalue weighted by Gasteiger charge is -2.35. The van der Waals surface area contributed by atoms with Gasteiger partial charge in [0.15, 0.2) is 5.17 Å². The summed E-state index contributed by atoms with van der Waals surface area (Å²) in [5, 5.41) is 3.48.